The molecule has 5 heteroatoms. The van der Waals surface area contributed by atoms with Gasteiger partial charge in [0.2, 0.25) is 0 Å². The van der Waals surface area contributed by atoms with E-state index in [9.17, 15) is 4.39 Å². The predicted molar refractivity (Wildman–Crippen MR) is 96.0 cm³/mol. The largest absolute Gasteiger partial charge is 0.274 e. The van der Waals surface area contributed by atoms with Crippen LogP contribution in [-0.2, 0) is 0 Å². The Labute approximate surface area is 143 Å². The van der Waals surface area contributed by atoms with Gasteiger partial charge in [-0.15, -0.1) is 11.3 Å². The number of nitrogens with two attached hydrogens (primary N) is 1. The first-order valence-corrected chi connectivity index (χ1v) is 9.15. The van der Waals surface area contributed by atoms with Crippen molar-refractivity contribution in [2.75, 3.05) is 0 Å². The molecular formula is C18H17FN2S2. The third-order valence-corrected chi connectivity index (χ3v) is 5.00. The number of thiazole rings is 1. The summed E-state index contributed by atoms with van der Waals surface area (Å²) in [6.07, 6.45) is 2.52. The molecule has 2 aromatic carbocycles. The second-order valence-corrected chi connectivity index (χ2v) is 6.88. The van der Waals surface area contributed by atoms with Crippen LogP contribution >= 0.6 is 23.3 Å². The number of aromatic nitrogens is 1. The van der Waals surface area contributed by atoms with Gasteiger partial charge in [0.25, 0.3) is 0 Å². The minimum Gasteiger partial charge on any atom is -0.274 e. The lowest BCUT2D eigenvalue weighted by Crippen LogP contribution is -1.81. The first-order chi connectivity index (χ1) is 11.3. The Hall–Kier alpha value is -1.69. The molecule has 1 aliphatic carbocycles. The van der Waals surface area contributed by atoms with Crippen molar-refractivity contribution in [3.8, 4) is 11.3 Å². The monoisotopic (exact) mass is 344 g/mol. The van der Waals surface area contributed by atoms with E-state index >= 15 is 0 Å². The molecule has 23 heavy (non-hydrogen) atoms. The lowest BCUT2D eigenvalue weighted by molar-refractivity contribution is 0.628. The van der Waals surface area contributed by atoms with Crippen LogP contribution in [-0.4, -0.2) is 4.98 Å². The van der Waals surface area contributed by atoms with Gasteiger partial charge in [0.05, 0.1) is 10.7 Å². The van der Waals surface area contributed by atoms with Crippen molar-refractivity contribution in [1.29, 1.82) is 0 Å². The highest BCUT2D eigenvalue weighted by molar-refractivity contribution is 7.97. The standard InChI is InChI=1S/C12H10FNS.C6H7NS/c13-10-3-1-2-9(6-10)11-7-15-12(14-11)8-4-5-8;7-8-6-4-2-1-3-5-6/h1-3,6-8H,4-5H2;1-5H,7H2. The van der Waals surface area contributed by atoms with E-state index in [0.29, 0.717) is 5.92 Å². The van der Waals surface area contributed by atoms with Crippen molar-refractivity contribution in [1.82, 2.24) is 4.98 Å². The van der Waals surface area contributed by atoms with Crippen LogP contribution in [0.4, 0.5) is 4.39 Å². The summed E-state index contributed by atoms with van der Waals surface area (Å²) in [6, 6.07) is 16.5. The minimum absolute atomic E-state index is 0.200. The quantitative estimate of drug-likeness (QED) is 0.640. The summed E-state index contributed by atoms with van der Waals surface area (Å²) >= 11 is 2.96. The molecule has 2 nitrogen and oxygen atoms in total. The number of rotatable bonds is 3. The molecule has 1 saturated carbocycles. The van der Waals surface area contributed by atoms with E-state index in [4.69, 9.17) is 5.14 Å². The van der Waals surface area contributed by atoms with Crippen molar-refractivity contribution in [3.05, 3.63) is 70.8 Å². The van der Waals surface area contributed by atoms with Gasteiger partial charge in [-0.2, -0.15) is 0 Å². The number of halogens is 1. The topological polar surface area (TPSA) is 38.9 Å². The molecule has 3 aromatic rings. The molecule has 0 unspecified atom stereocenters. The molecule has 0 spiro atoms. The number of nitrogens with zero attached hydrogens (tertiary/aromatic N) is 1. The summed E-state index contributed by atoms with van der Waals surface area (Å²) < 4.78 is 13.0. The molecule has 1 aliphatic rings. The van der Waals surface area contributed by atoms with E-state index in [1.807, 2.05) is 41.8 Å². The third kappa shape index (κ3) is 4.64. The Morgan fingerprint density at radius 1 is 1.09 bits per heavy atom. The first kappa shape index (κ1) is 16.2. The summed E-state index contributed by atoms with van der Waals surface area (Å²) in [4.78, 5) is 5.64. The van der Waals surface area contributed by atoms with Crippen LogP contribution in [0.15, 0.2) is 64.9 Å². The first-order valence-electron chi connectivity index (χ1n) is 7.39. The third-order valence-electron chi connectivity index (χ3n) is 3.45. The summed E-state index contributed by atoms with van der Waals surface area (Å²) in [7, 11) is 0. The van der Waals surface area contributed by atoms with Gasteiger partial charge in [0.1, 0.15) is 5.82 Å². The molecule has 0 saturated heterocycles. The fourth-order valence-electron chi connectivity index (χ4n) is 2.08. The molecule has 1 fully saturated rings. The van der Waals surface area contributed by atoms with E-state index in [1.165, 1.54) is 41.9 Å². The van der Waals surface area contributed by atoms with E-state index in [1.54, 1.807) is 17.4 Å². The normalized spacial score (nSPS) is 13.3. The van der Waals surface area contributed by atoms with Crippen molar-refractivity contribution in [3.63, 3.8) is 0 Å². The molecule has 1 heterocycles. The van der Waals surface area contributed by atoms with Crippen LogP contribution in [0, 0.1) is 5.82 Å². The number of benzene rings is 2. The zero-order valence-electron chi connectivity index (χ0n) is 12.5. The van der Waals surface area contributed by atoms with Crippen LogP contribution in [0.2, 0.25) is 0 Å². The van der Waals surface area contributed by atoms with Gasteiger partial charge in [-0.1, -0.05) is 30.3 Å². The molecule has 118 valence electrons. The van der Waals surface area contributed by atoms with Gasteiger partial charge in [-0.3, -0.25) is 5.14 Å². The molecule has 0 bridgehead atoms. The van der Waals surface area contributed by atoms with Gasteiger partial charge in [0.15, 0.2) is 0 Å². The van der Waals surface area contributed by atoms with Gasteiger partial charge in [-0.05, 0) is 49.1 Å². The lowest BCUT2D eigenvalue weighted by Gasteiger charge is -1.95. The maximum atomic E-state index is 13.0. The molecule has 0 aliphatic heterocycles. The number of hydrogen-bond donors (Lipinski definition) is 1. The molecule has 4 rings (SSSR count). The van der Waals surface area contributed by atoms with Crippen LogP contribution < -0.4 is 5.14 Å². The molecule has 1 aromatic heterocycles. The SMILES string of the molecule is Fc1cccc(-c2csc(C3CC3)n2)c1.NSc1ccccc1. The Kier molecular flexibility index (Phi) is 5.43. The molecule has 2 N–H and O–H groups in total. The molecule has 0 radical (unpaired) electrons. The zero-order valence-corrected chi connectivity index (χ0v) is 14.1. The maximum Gasteiger partial charge on any atom is 0.123 e. The van der Waals surface area contributed by atoms with Crippen molar-refractivity contribution in [2.45, 2.75) is 23.7 Å². The van der Waals surface area contributed by atoms with Crippen LogP contribution in [0.1, 0.15) is 23.8 Å². The van der Waals surface area contributed by atoms with Gasteiger partial charge < -0.3 is 0 Å². The fraction of sp³-hybridized carbons (Fsp3) is 0.167. The van der Waals surface area contributed by atoms with Crippen LogP contribution in [0.3, 0.4) is 0 Å². The van der Waals surface area contributed by atoms with Gasteiger partial charge in [-0.25, -0.2) is 9.37 Å². The van der Waals surface area contributed by atoms with Crippen molar-refractivity contribution in [2.24, 2.45) is 5.14 Å². The number of hydrogen-bond acceptors (Lipinski definition) is 4. The van der Waals surface area contributed by atoms with E-state index < -0.39 is 0 Å². The average Bonchev–Trinajstić information content (AvgIpc) is 3.33. The predicted octanol–water partition coefficient (Wildman–Crippen LogP) is 5.48. The van der Waals surface area contributed by atoms with Gasteiger partial charge >= 0.3 is 0 Å². The highest BCUT2D eigenvalue weighted by Crippen LogP contribution is 2.42. The summed E-state index contributed by atoms with van der Waals surface area (Å²) in [5, 5.41) is 8.49. The highest BCUT2D eigenvalue weighted by atomic mass is 32.2. The Morgan fingerprint density at radius 3 is 2.48 bits per heavy atom. The lowest BCUT2D eigenvalue weighted by atomic mass is 10.2. The highest BCUT2D eigenvalue weighted by Gasteiger charge is 2.26. The average molecular weight is 344 g/mol. The van der Waals surface area contributed by atoms with Crippen molar-refractivity contribution < 1.29 is 4.39 Å². The van der Waals surface area contributed by atoms with E-state index in [2.05, 4.69) is 4.98 Å². The molecule has 0 amide bonds. The van der Waals surface area contributed by atoms with E-state index in [-0.39, 0.29) is 5.82 Å². The second kappa shape index (κ2) is 7.73. The minimum atomic E-state index is -0.200. The summed E-state index contributed by atoms with van der Waals surface area (Å²) in [6.45, 7) is 0. The Morgan fingerprint density at radius 2 is 1.87 bits per heavy atom. The Bertz CT molecular complexity index is 754. The fourth-order valence-corrected chi connectivity index (χ4v) is 3.40. The molecule has 0 atom stereocenters. The molecular weight excluding hydrogens is 327 g/mol. The summed E-state index contributed by atoms with van der Waals surface area (Å²) in [5.41, 5.74) is 1.78. The smallest absolute Gasteiger partial charge is 0.123 e. The summed E-state index contributed by atoms with van der Waals surface area (Å²) in [5.74, 6) is 0.478. The van der Waals surface area contributed by atoms with Crippen LogP contribution in [0.5, 0.6) is 0 Å². The maximum absolute atomic E-state index is 13.0. The second-order valence-electron chi connectivity index (χ2n) is 5.29. The Balaban J connectivity index is 0.000000166. The zero-order chi connectivity index (χ0) is 16.1. The van der Waals surface area contributed by atoms with Crippen LogP contribution in [0.25, 0.3) is 11.3 Å². The van der Waals surface area contributed by atoms with Gasteiger partial charge in [0, 0.05) is 21.8 Å². The van der Waals surface area contributed by atoms with Crippen molar-refractivity contribution >= 4 is 23.3 Å². The van der Waals surface area contributed by atoms with E-state index in [0.717, 1.165) is 16.2 Å².